The first-order chi connectivity index (χ1) is 8.58. The first-order valence-electron chi connectivity index (χ1n) is 5.27. The van der Waals surface area contributed by atoms with Crippen molar-refractivity contribution in [1.82, 2.24) is 4.98 Å². The molecule has 1 N–H and O–H groups in total. The van der Waals surface area contributed by atoms with Gasteiger partial charge in [0.15, 0.2) is 0 Å². The standard InChI is InChI=1S/C13H10BrFN2O/c1-8-9(4-2-5-10(8)14)13(18)17-12-7-3-6-11(15)16-12/h2-7H,1H3,(H,16,17,18). The van der Waals surface area contributed by atoms with Gasteiger partial charge in [0.05, 0.1) is 0 Å². The van der Waals surface area contributed by atoms with Gasteiger partial charge in [0.2, 0.25) is 5.95 Å². The number of pyridine rings is 1. The average Bonchev–Trinajstić information content (AvgIpc) is 2.32. The van der Waals surface area contributed by atoms with Crippen LogP contribution in [0.3, 0.4) is 0 Å². The van der Waals surface area contributed by atoms with Crippen molar-refractivity contribution in [3.8, 4) is 0 Å². The highest BCUT2D eigenvalue weighted by molar-refractivity contribution is 9.10. The van der Waals surface area contributed by atoms with Gasteiger partial charge in [-0.25, -0.2) is 4.98 Å². The highest BCUT2D eigenvalue weighted by Crippen LogP contribution is 2.20. The number of carbonyl (C=O) groups excluding carboxylic acids is 1. The van der Waals surface area contributed by atoms with Crippen molar-refractivity contribution in [2.24, 2.45) is 0 Å². The van der Waals surface area contributed by atoms with E-state index in [4.69, 9.17) is 0 Å². The maximum absolute atomic E-state index is 12.9. The highest BCUT2D eigenvalue weighted by atomic mass is 79.9. The van der Waals surface area contributed by atoms with Crippen LogP contribution in [0.25, 0.3) is 0 Å². The number of anilines is 1. The zero-order chi connectivity index (χ0) is 13.1. The first kappa shape index (κ1) is 12.7. The number of hydrogen-bond donors (Lipinski definition) is 1. The maximum Gasteiger partial charge on any atom is 0.257 e. The van der Waals surface area contributed by atoms with Gasteiger partial charge in [-0.2, -0.15) is 4.39 Å². The molecule has 0 bridgehead atoms. The van der Waals surface area contributed by atoms with Crippen LogP contribution in [0.4, 0.5) is 10.2 Å². The minimum atomic E-state index is -0.626. The van der Waals surface area contributed by atoms with Gasteiger partial charge in [0, 0.05) is 10.0 Å². The molecule has 0 saturated heterocycles. The van der Waals surface area contributed by atoms with Crippen molar-refractivity contribution < 1.29 is 9.18 Å². The third-order valence-corrected chi connectivity index (χ3v) is 3.33. The summed E-state index contributed by atoms with van der Waals surface area (Å²) < 4.78 is 13.7. The normalized spacial score (nSPS) is 10.2. The summed E-state index contributed by atoms with van der Waals surface area (Å²) in [6.45, 7) is 1.83. The number of halogens is 2. The Morgan fingerprint density at radius 3 is 2.72 bits per heavy atom. The lowest BCUT2D eigenvalue weighted by Crippen LogP contribution is -2.14. The molecule has 0 spiro atoms. The van der Waals surface area contributed by atoms with Crippen LogP contribution in [0.5, 0.6) is 0 Å². The second-order valence-electron chi connectivity index (χ2n) is 3.71. The third kappa shape index (κ3) is 2.73. The second-order valence-corrected chi connectivity index (χ2v) is 4.57. The SMILES string of the molecule is Cc1c(Br)cccc1C(=O)Nc1cccc(F)n1. The van der Waals surface area contributed by atoms with Gasteiger partial charge in [-0.3, -0.25) is 4.79 Å². The van der Waals surface area contributed by atoms with E-state index in [-0.39, 0.29) is 11.7 Å². The summed E-state index contributed by atoms with van der Waals surface area (Å²) >= 11 is 3.36. The van der Waals surface area contributed by atoms with Crippen molar-refractivity contribution in [3.05, 3.63) is 57.9 Å². The number of aromatic nitrogens is 1. The Morgan fingerprint density at radius 1 is 1.28 bits per heavy atom. The fourth-order valence-corrected chi connectivity index (χ4v) is 1.88. The van der Waals surface area contributed by atoms with Crippen molar-refractivity contribution in [2.45, 2.75) is 6.92 Å². The molecular formula is C13H10BrFN2O. The first-order valence-corrected chi connectivity index (χ1v) is 6.06. The number of rotatable bonds is 2. The summed E-state index contributed by atoms with van der Waals surface area (Å²) in [6, 6.07) is 9.58. The zero-order valence-electron chi connectivity index (χ0n) is 9.58. The number of nitrogens with zero attached hydrogens (tertiary/aromatic N) is 1. The molecule has 0 fully saturated rings. The van der Waals surface area contributed by atoms with Crippen molar-refractivity contribution in [2.75, 3.05) is 5.32 Å². The van der Waals surface area contributed by atoms with E-state index in [0.29, 0.717) is 5.56 Å². The number of amides is 1. The highest BCUT2D eigenvalue weighted by Gasteiger charge is 2.11. The van der Waals surface area contributed by atoms with E-state index in [0.717, 1.165) is 10.0 Å². The quantitative estimate of drug-likeness (QED) is 0.862. The Kier molecular flexibility index (Phi) is 3.72. The molecule has 92 valence electrons. The lowest BCUT2D eigenvalue weighted by atomic mass is 10.1. The van der Waals surface area contributed by atoms with Gasteiger partial charge >= 0.3 is 0 Å². The van der Waals surface area contributed by atoms with E-state index in [1.165, 1.54) is 18.2 Å². The van der Waals surface area contributed by atoms with Gasteiger partial charge in [-0.15, -0.1) is 0 Å². The van der Waals surface area contributed by atoms with Crippen LogP contribution in [0.15, 0.2) is 40.9 Å². The number of benzene rings is 1. The number of hydrogen-bond acceptors (Lipinski definition) is 2. The topological polar surface area (TPSA) is 42.0 Å². The van der Waals surface area contributed by atoms with Gasteiger partial charge in [0.25, 0.3) is 5.91 Å². The second kappa shape index (κ2) is 5.27. The Morgan fingerprint density at radius 2 is 2.00 bits per heavy atom. The summed E-state index contributed by atoms with van der Waals surface area (Å²) in [5, 5.41) is 2.56. The van der Waals surface area contributed by atoms with E-state index in [2.05, 4.69) is 26.2 Å². The molecule has 5 heteroatoms. The van der Waals surface area contributed by atoms with E-state index >= 15 is 0 Å². The molecule has 0 aliphatic carbocycles. The molecule has 3 nitrogen and oxygen atoms in total. The van der Waals surface area contributed by atoms with E-state index in [9.17, 15) is 9.18 Å². The van der Waals surface area contributed by atoms with Gasteiger partial charge in [0.1, 0.15) is 5.82 Å². The van der Waals surface area contributed by atoms with Crippen molar-refractivity contribution in [3.63, 3.8) is 0 Å². The van der Waals surface area contributed by atoms with Crippen LogP contribution < -0.4 is 5.32 Å². The third-order valence-electron chi connectivity index (χ3n) is 2.47. The Bertz CT molecular complexity index is 601. The van der Waals surface area contributed by atoms with Crippen LogP contribution in [-0.4, -0.2) is 10.9 Å². The molecule has 0 aliphatic rings. The monoisotopic (exact) mass is 308 g/mol. The average molecular weight is 309 g/mol. The molecule has 0 aliphatic heterocycles. The van der Waals surface area contributed by atoms with E-state index in [1.54, 1.807) is 12.1 Å². The summed E-state index contributed by atoms with van der Waals surface area (Å²) in [5.41, 5.74) is 1.35. The van der Waals surface area contributed by atoms with Gasteiger partial charge in [-0.1, -0.05) is 28.1 Å². The van der Waals surface area contributed by atoms with Crippen LogP contribution in [0.2, 0.25) is 0 Å². The summed E-state index contributed by atoms with van der Waals surface area (Å²) in [7, 11) is 0. The molecule has 2 rings (SSSR count). The molecule has 0 unspecified atom stereocenters. The van der Waals surface area contributed by atoms with Gasteiger partial charge in [-0.05, 0) is 36.8 Å². The molecule has 0 radical (unpaired) electrons. The van der Waals surface area contributed by atoms with Crippen LogP contribution >= 0.6 is 15.9 Å². The molecule has 1 aromatic heterocycles. The number of carbonyl (C=O) groups is 1. The minimum Gasteiger partial charge on any atom is -0.306 e. The van der Waals surface area contributed by atoms with E-state index < -0.39 is 5.95 Å². The fourth-order valence-electron chi connectivity index (χ4n) is 1.51. The number of nitrogens with one attached hydrogen (secondary N) is 1. The molecule has 0 atom stereocenters. The molecule has 1 heterocycles. The Labute approximate surface area is 112 Å². The Balaban J connectivity index is 2.25. The maximum atomic E-state index is 12.9. The summed E-state index contributed by atoms with van der Waals surface area (Å²) in [6.07, 6.45) is 0. The molecule has 18 heavy (non-hydrogen) atoms. The molecular weight excluding hydrogens is 299 g/mol. The molecule has 2 aromatic rings. The van der Waals surface area contributed by atoms with Crippen LogP contribution in [0.1, 0.15) is 15.9 Å². The predicted octanol–water partition coefficient (Wildman–Crippen LogP) is 3.54. The fraction of sp³-hybridized carbons (Fsp3) is 0.0769. The summed E-state index contributed by atoms with van der Waals surface area (Å²) in [4.78, 5) is 15.6. The van der Waals surface area contributed by atoms with Crippen molar-refractivity contribution in [1.29, 1.82) is 0 Å². The summed E-state index contributed by atoms with van der Waals surface area (Å²) in [5.74, 6) is -0.745. The van der Waals surface area contributed by atoms with E-state index in [1.807, 2.05) is 13.0 Å². The zero-order valence-corrected chi connectivity index (χ0v) is 11.2. The van der Waals surface area contributed by atoms with Crippen LogP contribution in [-0.2, 0) is 0 Å². The molecule has 1 aromatic carbocycles. The van der Waals surface area contributed by atoms with Crippen LogP contribution in [0, 0.1) is 12.9 Å². The van der Waals surface area contributed by atoms with Gasteiger partial charge < -0.3 is 5.32 Å². The molecule has 1 amide bonds. The smallest absolute Gasteiger partial charge is 0.257 e. The lowest BCUT2D eigenvalue weighted by Gasteiger charge is -2.08. The lowest BCUT2D eigenvalue weighted by molar-refractivity contribution is 0.102. The molecule has 0 saturated carbocycles. The van der Waals surface area contributed by atoms with Crippen molar-refractivity contribution >= 4 is 27.7 Å². The predicted molar refractivity (Wildman–Crippen MR) is 71.0 cm³/mol. The largest absolute Gasteiger partial charge is 0.306 e. The minimum absolute atomic E-state index is 0.194. The Hall–Kier alpha value is -1.75.